The van der Waals surface area contributed by atoms with Gasteiger partial charge in [-0.1, -0.05) is 19.3 Å². The maximum atomic E-state index is 12.8. The fourth-order valence-electron chi connectivity index (χ4n) is 3.28. The highest BCUT2D eigenvalue weighted by Gasteiger charge is 2.33. The lowest BCUT2D eigenvalue weighted by atomic mass is 9.84. The first kappa shape index (κ1) is 23.0. The number of carbonyl (C=O) groups is 3. The Morgan fingerprint density at radius 3 is 2.44 bits per heavy atom. The van der Waals surface area contributed by atoms with Crippen LogP contribution >= 0.6 is 0 Å². The van der Waals surface area contributed by atoms with Gasteiger partial charge in [-0.05, 0) is 46.0 Å². The van der Waals surface area contributed by atoms with E-state index in [0.717, 1.165) is 38.3 Å². The van der Waals surface area contributed by atoms with Crippen molar-refractivity contribution in [3.05, 3.63) is 5.53 Å². The first-order valence-electron chi connectivity index (χ1n) is 9.71. The third-order valence-corrected chi connectivity index (χ3v) is 4.52. The zero-order chi connectivity index (χ0) is 20.2. The van der Waals surface area contributed by atoms with E-state index in [2.05, 4.69) is 10.1 Å². The van der Waals surface area contributed by atoms with Crippen LogP contribution in [0.1, 0.15) is 65.7 Å². The lowest BCUT2D eigenvalue weighted by molar-refractivity contribution is -0.153. The Balaban J connectivity index is 2.81. The average Bonchev–Trinajstić information content (AvgIpc) is 2.63. The van der Waals surface area contributed by atoms with Crippen LogP contribution in [-0.4, -0.2) is 53.5 Å². The Morgan fingerprint density at radius 1 is 1.22 bits per heavy atom. The lowest BCUT2D eigenvalue weighted by Crippen LogP contribution is -2.49. The molecule has 0 unspecified atom stereocenters. The molecular weight excluding hydrogens is 350 g/mol. The van der Waals surface area contributed by atoms with Crippen molar-refractivity contribution >= 4 is 23.9 Å². The first-order valence-corrected chi connectivity index (χ1v) is 9.71. The minimum atomic E-state index is -0.956. The van der Waals surface area contributed by atoms with Gasteiger partial charge in [0.05, 0.1) is 6.10 Å². The van der Waals surface area contributed by atoms with Crippen molar-refractivity contribution in [1.29, 1.82) is 0 Å². The van der Waals surface area contributed by atoms with Crippen LogP contribution in [0.2, 0.25) is 0 Å². The minimum Gasteiger partial charge on any atom is -0.461 e. The number of hydrogen-bond donors (Lipinski definition) is 1. The van der Waals surface area contributed by atoms with Crippen molar-refractivity contribution < 1.29 is 28.6 Å². The smallest absolute Gasteiger partial charge is 0.328 e. The van der Waals surface area contributed by atoms with Gasteiger partial charge in [0.2, 0.25) is 11.7 Å². The molecule has 8 heteroatoms. The number of hydrogen-bond acceptors (Lipinski definition) is 5. The van der Waals surface area contributed by atoms with Gasteiger partial charge in [0.1, 0.15) is 12.1 Å². The second-order valence-corrected chi connectivity index (χ2v) is 7.07. The van der Waals surface area contributed by atoms with E-state index in [1.54, 1.807) is 13.8 Å². The van der Waals surface area contributed by atoms with Crippen LogP contribution in [0.25, 0.3) is 5.53 Å². The predicted octanol–water partition coefficient (Wildman–Crippen LogP) is 2.06. The molecule has 1 N–H and O–H groups in total. The van der Waals surface area contributed by atoms with Crippen molar-refractivity contribution in [1.82, 2.24) is 5.32 Å². The fraction of sp³-hybridized carbons (Fsp3) is 0.789. The lowest BCUT2D eigenvalue weighted by Gasteiger charge is -2.30. The van der Waals surface area contributed by atoms with Crippen molar-refractivity contribution in [2.24, 2.45) is 5.92 Å². The van der Waals surface area contributed by atoms with Gasteiger partial charge in [0, 0.05) is 13.0 Å². The molecule has 152 valence electrons. The highest BCUT2D eigenvalue weighted by Crippen LogP contribution is 2.28. The summed E-state index contributed by atoms with van der Waals surface area (Å²) in [5, 5.41) is 2.70. The molecule has 0 aromatic carbocycles. The summed E-state index contributed by atoms with van der Waals surface area (Å²) in [7, 11) is 0. The molecule has 2 atom stereocenters. The van der Waals surface area contributed by atoms with Crippen molar-refractivity contribution in [3.8, 4) is 0 Å². The molecule has 0 heterocycles. The Labute approximate surface area is 160 Å². The van der Waals surface area contributed by atoms with Crippen LogP contribution in [0, 0.1) is 5.92 Å². The third-order valence-electron chi connectivity index (χ3n) is 4.52. The SMILES string of the molecule is CCO[C@H](C(=O)N[C@@H](CCC(=O)C=[N+]=[N-])C(=O)OC(C)C)C1CCCCC1. The highest BCUT2D eigenvalue weighted by molar-refractivity contribution is 6.25. The summed E-state index contributed by atoms with van der Waals surface area (Å²) in [6, 6.07) is -0.956. The number of carbonyl (C=O) groups excluding carboxylic acids is 3. The molecule has 1 rings (SSSR count). The van der Waals surface area contributed by atoms with Gasteiger partial charge in [-0.25, -0.2) is 4.79 Å². The van der Waals surface area contributed by atoms with Gasteiger partial charge in [-0.15, -0.1) is 0 Å². The van der Waals surface area contributed by atoms with Gasteiger partial charge in [-0.3, -0.25) is 9.59 Å². The zero-order valence-corrected chi connectivity index (χ0v) is 16.5. The second kappa shape index (κ2) is 12.4. The van der Waals surface area contributed by atoms with Crippen LogP contribution < -0.4 is 5.32 Å². The van der Waals surface area contributed by atoms with E-state index in [0.29, 0.717) is 6.61 Å². The molecular formula is C19H31N3O5. The third kappa shape index (κ3) is 8.45. The minimum absolute atomic E-state index is 0.0507. The summed E-state index contributed by atoms with van der Waals surface area (Å²) in [5.41, 5.74) is 8.42. The summed E-state index contributed by atoms with van der Waals surface area (Å²) in [5.74, 6) is -1.25. The molecule has 0 aromatic rings. The number of nitrogens with zero attached hydrogens (tertiary/aromatic N) is 2. The van der Waals surface area contributed by atoms with Crippen LogP contribution in [-0.2, 0) is 23.9 Å². The van der Waals surface area contributed by atoms with E-state index in [9.17, 15) is 14.4 Å². The number of Topliss-reactive ketones (excluding diaryl/α,β-unsaturated/α-hetero) is 1. The van der Waals surface area contributed by atoms with Gasteiger partial charge >= 0.3 is 12.2 Å². The molecule has 1 saturated carbocycles. The molecule has 1 aliphatic carbocycles. The molecule has 1 aliphatic rings. The first-order chi connectivity index (χ1) is 12.9. The van der Waals surface area contributed by atoms with E-state index in [4.69, 9.17) is 15.0 Å². The molecule has 0 bridgehead atoms. The number of amides is 1. The Kier molecular flexibility index (Phi) is 10.5. The van der Waals surface area contributed by atoms with E-state index in [1.807, 2.05) is 6.92 Å². The Hall–Kier alpha value is -2.05. The molecule has 1 fully saturated rings. The molecule has 1 amide bonds. The van der Waals surface area contributed by atoms with Crippen LogP contribution in [0.3, 0.4) is 0 Å². The topological polar surface area (TPSA) is 118 Å². The Morgan fingerprint density at radius 2 is 1.89 bits per heavy atom. The zero-order valence-electron chi connectivity index (χ0n) is 16.5. The van der Waals surface area contributed by atoms with E-state index < -0.39 is 23.9 Å². The van der Waals surface area contributed by atoms with E-state index in [-0.39, 0.29) is 30.8 Å². The maximum Gasteiger partial charge on any atom is 0.328 e. The van der Waals surface area contributed by atoms with Crippen molar-refractivity contribution in [3.63, 3.8) is 0 Å². The number of esters is 1. The number of nitrogens with one attached hydrogen (secondary N) is 1. The molecule has 0 aliphatic heterocycles. The quantitative estimate of drug-likeness (QED) is 0.254. The standard InChI is InChI=1S/C19H31N3O5/c1-4-26-17(14-8-6-5-7-9-14)18(24)22-16(19(25)27-13(2)3)11-10-15(23)12-21-20/h12-14,16-17H,4-11H2,1-3H3,(H,22,24)/t16-,17-/m0/s1. The molecule has 0 spiro atoms. The maximum absolute atomic E-state index is 12.8. The Bertz CT molecular complexity index is 552. The van der Waals surface area contributed by atoms with Crippen LogP contribution in [0.5, 0.6) is 0 Å². The number of rotatable bonds is 11. The van der Waals surface area contributed by atoms with Crippen molar-refractivity contribution in [2.45, 2.75) is 84.0 Å². The fourth-order valence-corrected chi connectivity index (χ4v) is 3.28. The summed E-state index contributed by atoms with van der Waals surface area (Å²) in [6.45, 7) is 5.67. The van der Waals surface area contributed by atoms with Crippen LogP contribution in [0.15, 0.2) is 0 Å². The molecule has 27 heavy (non-hydrogen) atoms. The predicted molar refractivity (Wildman–Crippen MR) is 99.1 cm³/mol. The van der Waals surface area contributed by atoms with Crippen LogP contribution in [0.4, 0.5) is 0 Å². The largest absolute Gasteiger partial charge is 0.461 e. The molecule has 8 nitrogen and oxygen atoms in total. The van der Waals surface area contributed by atoms with E-state index in [1.165, 1.54) is 0 Å². The molecule has 0 aromatic heterocycles. The average molecular weight is 381 g/mol. The second-order valence-electron chi connectivity index (χ2n) is 7.07. The van der Waals surface area contributed by atoms with Gasteiger partial charge in [-0.2, -0.15) is 4.79 Å². The monoisotopic (exact) mass is 381 g/mol. The summed E-state index contributed by atoms with van der Waals surface area (Å²) in [6.07, 6.45) is 4.97. The molecule has 0 saturated heterocycles. The normalized spacial score (nSPS) is 16.9. The summed E-state index contributed by atoms with van der Waals surface area (Å²) in [4.78, 5) is 39.4. The van der Waals surface area contributed by atoms with E-state index >= 15 is 0 Å². The highest BCUT2D eigenvalue weighted by atomic mass is 16.5. The summed E-state index contributed by atoms with van der Waals surface area (Å²) < 4.78 is 10.9. The van der Waals surface area contributed by atoms with Gasteiger partial charge in [0.25, 0.3) is 0 Å². The van der Waals surface area contributed by atoms with Gasteiger partial charge < -0.3 is 20.3 Å². The van der Waals surface area contributed by atoms with Gasteiger partial charge in [0.15, 0.2) is 0 Å². The number of ketones is 1. The number of ether oxygens (including phenoxy) is 2. The summed E-state index contributed by atoms with van der Waals surface area (Å²) >= 11 is 0. The van der Waals surface area contributed by atoms with Crippen molar-refractivity contribution in [2.75, 3.05) is 6.61 Å². The molecule has 0 radical (unpaired) electrons.